The summed E-state index contributed by atoms with van der Waals surface area (Å²) in [6.45, 7) is 7.83. The molecule has 0 spiro atoms. The lowest BCUT2D eigenvalue weighted by Gasteiger charge is -2.61. The normalized spacial score (nSPS) is 27.8. The average Bonchev–Trinajstić information content (AvgIpc) is 3.54. The van der Waals surface area contributed by atoms with Crippen LogP contribution in [0.3, 0.4) is 0 Å². The molecule has 5 rings (SSSR count). The molecule has 1 heterocycles. The van der Waals surface area contributed by atoms with E-state index in [1.165, 1.54) is 18.9 Å². The van der Waals surface area contributed by atoms with E-state index in [9.17, 15) is 14.7 Å². The maximum absolute atomic E-state index is 15.3. The number of carboxylic acid groups (broad SMARTS) is 1. The van der Waals surface area contributed by atoms with Crippen LogP contribution in [0.4, 0.5) is 10.1 Å². The lowest BCUT2D eigenvalue weighted by Crippen LogP contribution is -2.69. The van der Waals surface area contributed by atoms with E-state index in [4.69, 9.17) is 0 Å². The second kappa shape index (κ2) is 10.0. The third kappa shape index (κ3) is 4.30. The van der Waals surface area contributed by atoms with E-state index in [2.05, 4.69) is 5.32 Å². The van der Waals surface area contributed by atoms with Crippen molar-refractivity contribution in [1.29, 1.82) is 0 Å². The third-order valence-corrected chi connectivity index (χ3v) is 9.52. The van der Waals surface area contributed by atoms with Gasteiger partial charge < -0.3 is 15.3 Å². The molecule has 2 saturated carbocycles. The van der Waals surface area contributed by atoms with E-state index in [0.717, 1.165) is 43.4 Å². The van der Waals surface area contributed by atoms with Crippen molar-refractivity contribution in [3.8, 4) is 0 Å². The van der Waals surface area contributed by atoms with Crippen molar-refractivity contribution < 1.29 is 19.1 Å². The Balaban J connectivity index is 1.70. The van der Waals surface area contributed by atoms with Crippen molar-refractivity contribution >= 4 is 17.6 Å². The van der Waals surface area contributed by atoms with Crippen LogP contribution in [0.25, 0.3) is 0 Å². The van der Waals surface area contributed by atoms with Gasteiger partial charge in [-0.25, -0.2) is 4.39 Å². The first kappa shape index (κ1) is 26.7. The zero-order valence-electron chi connectivity index (χ0n) is 23.1. The number of anilines is 1. The quantitative estimate of drug-likeness (QED) is 0.439. The van der Waals surface area contributed by atoms with Crippen LogP contribution in [0, 0.1) is 30.0 Å². The van der Waals surface area contributed by atoms with Crippen LogP contribution >= 0.6 is 0 Å². The Morgan fingerprint density at radius 3 is 2.29 bits per heavy atom. The molecule has 38 heavy (non-hydrogen) atoms. The lowest BCUT2D eigenvalue weighted by atomic mass is 9.56. The van der Waals surface area contributed by atoms with E-state index < -0.39 is 34.6 Å². The van der Waals surface area contributed by atoms with Crippen molar-refractivity contribution in [2.45, 2.75) is 96.7 Å². The molecule has 1 aliphatic heterocycles. The summed E-state index contributed by atoms with van der Waals surface area (Å²) in [5.74, 6) is -2.58. The van der Waals surface area contributed by atoms with Gasteiger partial charge in [-0.05, 0) is 79.7 Å². The Hall–Kier alpha value is -2.89. The fourth-order valence-electron chi connectivity index (χ4n) is 7.93. The largest absolute Gasteiger partial charge is 0.481 e. The molecule has 4 atom stereocenters. The number of hydrogen-bond donors (Lipinski definition) is 2. The van der Waals surface area contributed by atoms with Gasteiger partial charge in [0, 0.05) is 17.8 Å². The summed E-state index contributed by atoms with van der Waals surface area (Å²) in [5, 5.41) is 14.3. The molecule has 3 aliphatic rings. The summed E-state index contributed by atoms with van der Waals surface area (Å²) in [5.41, 5.74) is 0.648. The highest BCUT2D eigenvalue weighted by Crippen LogP contribution is 2.59. The van der Waals surface area contributed by atoms with Crippen LogP contribution in [-0.4, -0.2) is 34.0 Å². The Labute approximate surface area is 225 Å². The van der Waals surface area contributed by atoms with E-state index in [-0.39, 0.29) is 17.5 Å². The number of aliphatic carboxylic acids is 1. The van der Waals surface area contributed by atoms with Gasteiger partial charge in [-0.2, -0.15) is 0 Å². The zero-order chi connectivity index (χ0) is 27.2. The number of rotatable bonds is 5. The van der Waals surface area contributed by atoms with E-state index in [1.54, 1.807) is 19.1 Å². The topological polar surface area (TPSA) is 69.6 Å². The molecule has 2 aromatic carbocycles. The fraction of sp³-hybridized carbons (Fsp3) is 0.562. The average molecular weight is 521 g/mol. The number of benzene rings is 2. The van der Waals surface area contributed by atoms with Gasteiger partial charge >= 0.3 is 5.97 Å². The molecule has 6 heteroatoms. The summed E-state index contributed by atoms with van der Waals surface area (Å²) in [4.78, 5) is 29.5. The Morgan fingerprint density at radius 1 is 1.00 bits per heavy atom. The van der Waals surface area contributed by atoms with Crippen molar-refractivity contribution in [3.63, 3.8) is 0 Å². The molecular weight excluding hydrogens is 479 g/mol. The molecule has 1 saturated heterocycles. The monoisotopic (exact) mass is 520 g/mol. The van der Waals surface area contributed by atoms with E-state index in [1.807, 2.05) is 49.9 Å². The van der Waals surface area contributed by atoms with Gasteiger partial charge in [-0.15, -0.1) is 0 Å². The molecule has 3 fully saturated rings. The van der Waals surface area contributed by atoms with Gasteiger partial charge in [-0.1, -0.05) is 64.3 Å². The number of carbonyl (C=O) groups is 2. The van der Waals surface area contributed by atoms with E-state index >= 15 is 4.39 Å². The molecule has 204 valence electrons. The minimum Gasteiger partial charge on any atom is -0.481 e. The smallest absolute Gasteiger partial charge is 0.309 e. The van der Waals surface area contributed by atoms with Gasteiger partial charge in [0.05, 0.1) is 17.0 Å². The van der Waals surface area contributed by atoms with Crippen molar-refractivity contribution in [1.82, 2.24) is 4.90 Å². The predicted octanol–water partition coefficient (Wildman–Crippen LogP) is 7.15. The number of carboxylic acids is 1. The predicted molar refractivity (Wildman–Crippen MR) is 148 cm³/mol. The number of halogens is 1. The number of nitrogens with zero attached hydrogens (tertiary/aromatic N) is 1. The van der Waals surface area contributed by atoms with Crippen molar-refractivity contribution in [2.24, 2.45) is 17.3 Å². The summed E-state index contributed by atoms with van der Waals surface area (Å²) in [6.07, 6.45) is 7.92. The highest BCUT2D eigenvalue weighted by molar-refractivity contribution is 5.97. The summed E-state index contributed by atoms with van der Waals surface area (Å²) in [6, 6.07) is 13.1. The first-order chi connectivity index (χ1) is 18.1. The van der Waals surface area contributed by atoms with Gasteiger partial charge in [0.1, 0.15) is 5.82 Å². The number of aryl methyl sites for hydroxylation is 1. The summed E-state index contributed by atoms with van der Waals surface area (Å²) >= 11 is 0. The fourth-order valence-corrected chi connectivity index (χ4v) is 7.93. The molecule has 0 bridgehead atoms. The second-order valence-corrected chi connectivity index (χ2v) is 12.7. The number of fused-ring (bicyclic) bond motifs is 1. The Morgan fingerprint density at radius 2 is 1.68 bits per heavy atom. The Bertz CT molecular complexity index is 1180. The van der Waals surface area contributed by atoms with Crippen molar-refractivity contribution in [3.05, 3.63) is 65.0 Å². The SMILES string of the molecule is Cc1cccc(F)c1C(=O)N1C2CCCC2CC(C(=O)O)C1(c1ccc(NC2CCCC2)cc1)C(C)(C)C. The minimum atomic E-state index is -1.15. The van der Waals surface area contributed by atoms with Crippen molar-refractivity contribution in [2.75, 3.05) is 5.32 Å². The number of nitrogens with one attached hydrogen (secondary N) is 1. The number of carbonyl (C=O) groups excluding carboxylic acids is 1. The standard InChI is InChI=1S/C32H41FN2O3/c1-20-9-7-13-26(33)28(20)29(36)35-27-14-8-10-21(27)19-25(30(37)38)32(35,31(2,3)4)22-15-17-24(18-16-22)34-23-11-5-6-12-23/h7,9,13,15-18,21,23,25,27,34H,5-6,8,10-12,14,19H2,1-4H3,(H,37,38). The van der Waals surface area contributed by atoms with Crippen LogP contribution in [-0.2, 0) is 10.3 Å². The maximum atomic E-state index is 15.3. The van der Waals surface area contributed by atoms with Gasteiger partial charge in [0.15, 0.2) is 0 Å². The first-order valence-corrected chi connectivity index (χ1v) is 14.2. The van der Waals surface area contributed by atoms with Gasteiger partial charge in [-0.3, -0.25) is 9.59 Å². The van der Waals surface area contributed by atoms with Gasteiger partial charge in [0.25, 0.3) is 5.91 Å². The van der Waals surface area contributed by atoms with Crippen LogP contribution < -0.4 is 5.32 Å². The molecule has 2 N–H and O–H groups in total. The number of hydrogen-bond acceptors (Lipinski definition) is 3. The highest BCUT2D eigenvalue weighted by atomic mass is 19.1. The number of amides is 1. The molecular formula is C32H41FN2O3. The molecule has 4 unspecified atom stereocenters. The van der Waals surface area contributed by atoms with Crippen LogP contribution in [0.1, 0.15) is 93.6 Å². The minimum absolute atomic E-state index is 0.0531. The molecule has 2 aliphatic carbocycles. The Kier molecular flexibility index (Phi) is 7.04. The van der Waals surface area contributed by atoms with Crippen LogP contribution in [0.2, 0.25) is 0 Å². The maximum Gasteiger partial charge on any atom is 0.309 e. The van der Waals surface area contributed by atoms with Crippen LogP contribution in [0.15, 0.2) is 42.5 Å². The number of piperidine rings is 1. The highest BCUT2D eigenvalue weighted by Gasteiger charge is 2.64. The lowest BCUT2D eigenvalue weighted by molar-refractivity contribution is -0.165. The van der Waals surface area contributed by atoms with Crippen LogP contribution in [0.5, 0.6) is 0 Å². The van der Waals surface area contributed by atoms with E-state index in [0.29, 0.717) is 18.0 Å². The molecule has 1 amide bonds. The summed E-state index contributed by atoms with van der Waals surface area (Å²) in [7, 11) is 0. The van der Waals surface area contributed by atoms with Gasteiger partial charge in [0.2, 0.25) is 0 Å². The molecule has 5 nitrogen and oxygen atoms in total. The molecule has 0 aromatic heterocycles. The first-order valence-electron chi connectivity index (χ1n) is 14.2. The molecule has 2 aromatic rings. The molecule has 0 radical (unpaired) electrons. The summed E-state index contributed by atoms with van der Waals surface area (Å²) < 4.78 is 15.3. The second-order valence-electron chi connectivity index (χ2n) is 12.7. The third-order valence-electron chi connectivity index (χ3n) is 9.52. The number of likely N-dealkylation sites (tertiary alicyclic amines) is 1. The zero-order valence-corrected chi connectivity index (χ0v) is 23.1.